The second-order valence-electron chi connectivity index (χ2n) is 4.96. The van der Waals surface area contributed by atoms with Crippen LogP contribution in [-0.4, -0.2) is 46.3 Å². The number of hydrogen-bond donors (Lipinski definition) is 3. The molecule has 124 valence electrons. The summed E-state index contributed by atoms with van der Waals surface area (Å²) in [6.07, 6.45) is 0. The highest BCUT2D eigenvalue weighted by atomic mass is 16.5. The summed E-state index contributed by atoms with van der Waals surface area (Å²) in [7, 11) is 0.944. The highest BCUT2D eigenvalue weighted by molar-refractivity contribution is 6.23. The van der Waals surface area contributed by atoms with Gasteiger partial charge in [0.1, 0.15) is 0 Å². The first-order valence-corrected chi connectivity index (χ1v) is 6.59. The van der Waals surface area contributed by atoms with Crippen LogP contribution < -0.4 is 0 Å². The number of methoxy groups -OCH3 is 1. The predicted molar refractivity (Wildman–Crippen MR) is 80.9 cm³/mol. The van der Waals surface area contributed by atoms with Gasteiger partial charge >= 0.3 is 23.9 Å². The third kappa shape index (κ3) is 2.54. The Morgan fingerprint density at radius 1 is 0.792 bits per heavy atom. The number of fused-ring (bicyclic) bond motifs is 1. The summed E-state index contributed by atoms with van der Waals surface area (Å²) in [4.78, 5) is 46.9. The van der Waals surface area contributed by atoms with Crippen LogP contribution in [0.25, 0.3) is 10.8 Å². The van der Waals surface area contributed by atoms with Crippen LogP contribution in [0, 0.1) is 6.92 Å². The highest BCUT2D eigenvalue weighted by Gasteiger charge is 2.33. The van der Waals surface area contributed by atoms with E-state index in [0.717, 1.165) is 7.11 Å². The van der Waals surface area contributed by atoms with Crippen molar-refractivity contribution in [1.29, 1.82) is 0 Å². The molecule has 2 aromatic carbocycles. The molecule has 2 rings (SSSR count). The molecule has 0 saturated carbocycles. The van der Waals surface area contributed by atoms with Crippen molar-refractivity contribution in [3.63, 3.8) is 0 Å². The van der Waals surface area contributed by atoms with E-state index in [4.69, 9.17) is 0 Å². The fraction of sp³-hybridized carbons (Fsp3) is 0.125. The van der Waals surface area contributed by atoms with Crippen LogP contribution >= 0.6 is 0 Å². The van der Waals surface area contributed by atoms with Crippen molar-refractivity contribution in [3.8, 4) is 0 Å². The minimum Gasteiger partial charge on any atom is -0.478 e. The van der Waals surface area contributed by atoms with Gasteiger partial charge in [-0.3, -0.25) is 0 Å². The second kappa shape index (κ2) is 5.99. The lowest BCUT2D eigenvalue weighted by Crippen LogP contribution is -2.21. The molecule has 0 spiro atoms. The zero-order chi connectivity index (χ0) is 18.2. The molecular weight excluding hydrogens is 320 g/mol. The zero-order valence-corrected chi connectivity index (χ0v) is 12.6. The van der Waals surface area contributed by atoms with Gasteiger partial charge in [0.25, 0.3) is 0 Å². The van der Waals surface area contributed by atoms with Crippen LogP contribution in [0.3, 0.4) is 0 Å². The lowest BCUT2D eigenvalue weighted by Gasteiger charge is -2.15. The third-order valence-corrected chi connectivity index (χ3v) is 3.49. The van der Waals surface area contributed by atoms with Crippen molar-refractivity contribution in [1.82, 2.24) is 0 Å². The van der Waals surface area contributed by atoms with Gasteiger partial charge in [0.15, 0.2) is 0 Å². The maximum Gasteiger partial charge on any atom is 0.339 e. The van der Waals surface area contributed by atoms with Gasteiger partial charge in [-0.2, -0.15) is 0 Å². The summed E-state index contributed by atoms with van der Waals surface area (Å²) < 4.78 is 4.47. The first-order chi connectivity index (χ1) is 11.2. The van der Waals surface area contributed by atoms with Crippen LogP contribution in [-0.2, 0) is 4.74 Å². The Hall–Kier alpha value is -3.42. The molecule has 24 heavy (non-hydrogen) atoms. The first-order valence-electron chi connectivity index (χ1n) is 6.59. The average molecular weight is 332 g/mol. The number of carboxylic acid groups (broad SMARTS) is 3. The van der Waals surface area contributed by atoms with E-state index in [0.29, 0.717) is 5.56 Å². The quantitative estimate of drug-likeness (QED) is 0.723. The van der Waals surface area contributed by atoms with E-state index in [1.165, 1.54) is 18.2 Å². The molecule has 0 amide bonds. The van der Waals surface area contributed by atoms with Gasteiger partial charge in [-0.1, -0.05) is 23.8 Å². The molecule has 3 N–H and O–H groups in total. The number of carboxylic acids is 3. The van der Waals surface area contributed by atoms with Crippen LogP contribution in [0.5, 0.6) is 0 Å². The molecule has 2 aromatic rings. The average Bonchev–Trinajstić information content (AvgIpc) is 2.50. The monoisotopic (exact) mass is 332 g/mol. The van der Waals surface area contributed by atoms with E-state index in [1.807, 2.05) is 0 Å². The maximum absolute atomic E-state index is 12.0. The minimum absolute atomic E-state index is 0.0594. The summed E-state index contributed by atoms with van der Waals surface area (Å²) in [5.41, 5.74) is -2.38. The molecule has 0 aliphatic carbocycles. The third-order valence-electron chi connectivity index (χ3n) is 3.49. The van der Waals surface area contributed by atoms with Crippen molar-refractivity contribution in [2.75, 3.05) is 7.11 Å². The van der Waals surface area contributed by atoms with Gasteiger partial charge in [0.2, 0.25) is 0 Å². The Labute approximate surface area is 134 Å². The van der Waals surface area contributed by atoms with Gasteiger partial charge in [-0.15, -0.1) is 0 Å². The summed E-state index contributed by atoms with van der Waals surface area (Å²) in [5, 5.41) is 28.2. The van der Waals surface area contributed by atoms with E-state index in [9.17, 15) is 34.5 Å². The van der Waals surface area contributed by atoms with Crippen molar-refractivity contribution < 1.29 is 39.2 Å². The van der Waals surface area contributed by atoms with Crippen molar-refractivity contribution in [2.45, 2.75) is 6.92 Å². The Kier molecular flexibility index (Phi) is 4.23. The molecule has 8 heteroatoms. The number of aryl methyl sites for hydroxylation is 1. The fourth-order valence-electron chi connectivity index (χ4n) is 2.57. The topological polar surface area (TPSA) is 138 Å². The summed E-state index contributed by atoms with van der Waals surface area (Å²) in [6.45, 7) is 1.64. The van der Waals surface area contributed by atoms with E-state index >= 15 is 0 Å². The minimum atomic E-state index is -1.74. The zero-order valence-electron chi connectivity index (χ0n) is 12.6. The molecule has 0 aromatic heterocycles. The highest BCUT2D eigenvalue weighted by Crippen LogP contribution is 2.32. The van der Waals surface area contributed by atoms with Crippen LogP contribution in [0.2, 0.25) is 0 Å². The fourth-order valence-corrected chi connectivity index (χ4v) is 2.57. The number of hydrogen-bond acceptors (Lipinski definition) is 5. The Morgan fingerprint density at radius 3 is 1.75 bits per heavy atom. The molecule has 0 aliphatic heterocycles. The molecule has 0 heterocycles. The lowest BCUT2D eigenvalue weighted by molar-refractivity contribution is 0.0566. The normalized spacial score (nSPS) is 10.4. The molecule has 0 fully saturated rings. The van der Waals surface area contributed by atoms with E-state index in [1.54, 1.807) is 6.92 Å². The Morgan fingerprint density at radius 2 is 1.29 bits per heavy atom. The summed E-state index contributed by atoms with van der Waals surface area (Å²) >= 11 is 0. The number of ether oxygens (including phenoxy) is 1. The smallest absolute Gasteiger partial charge is 0.339 e. The molecule has 0 bridgehead atoms. The largest absolute Gasteiger partial charge is 0.478 e. The first kappa shape index (κ1) is 16.9. The van der Waals surface area contributed by atoms with Gasteiger partial charge in [0.05, 0.1) is 29.4 Å². The lowest BCUT2D eigenvalue weighted by atomic mass is 9.88. The summed E-state index contributed by atoms with van der Waals surface area (Å²) in [6, 6.07) is 4.22. The number of benzene rings is 2. The van der Waals surface area contributed by atoms with Crippen molar-refractivity contribution >= 4 is 34.6 Å². The number of esters is 1. The van der Waals surface area contributed by atoms with Crippen molar-refractivity contribution in [2.24, 2.45) is 0 Å². The standard InChI is InChI=1S/C16H12O8/c1-6-3-4-7-8(5-6)10(14(19)20)11(15(21)22)12(16(23)24-2)9(7)13(17)18/h3-5H,1-2H3,(H,17,18)(H,19,20)(H,21,22). The van der Waals surface area contributed by atoms with Gasteiger partial charge in [0, 0.05) is 0 Å². The SMILES string of the molecule is COC(=O)c1c(C(=O)O)c(C(=O)O)c2cc(C)ccc2c1C(=O)O. The number of rotatable bonds is 4. The molecule has 0 unspecified atom stereocenters. The molecule has 8 nitrogen and oxygen atoms in total. The Balaban J connectivity index is 3.25. The Bertz CT molecular complexity index is 910. The molecule has 0 saturated heterocycles. The van der Waals surface area contributed by atoms with Crippen LogP contribution in [0.4, 0.5) is 0 Å². The van der Waals surface area contributed by atoms with Crippen LogP contribution in [0.15, 0.2) is 18.2 Å². The van der Waals surface area contributed by atoms with E-state index in [2.05, 4.69) is 4.74 Å². The van der Waals surface area contributed by atoms with Gasteiger partial charge < -0.3 is 20.1 Å². The van der Waals surface area contributed by atoms with Crippen molar-refractivity contribution in [3.05, 3.63) is 46.0 Å². The second-order valence-corrected chi connectivity index (χ2v) is 4.96. The number of aromatic carboxylic acids is 3. The molecular formula is C16H12O8. The van der Waals surface area contributed by atoms with E-state index < -0.39 is 46.1 Å². The summed E-state index contributed by atoms with van der Waals surface area (Å²) in [5.74, 6) is -6.14. The number of carbonyl (C=O) groups excluding carboxylic acids is 1. The maximum atomic E-state index is 12.0. The molecule has 0 aliphatic rings. The van der Waals surface area contributed by atoms with E-state index in [-0.39, 0.29) is 10.8 Å². The van der Waals surface area contributed by atoms with Gasteiger partial charge in [-0.25, -0.2) is 19.2 Å². The predicted octanol–water partition coefficient (Wildman–Crippen LogP) is 2.03. The molecule has 0 radical (unpaired) electrons. The number of carbonyl (C=O) groups is 4. The van der Waals surface area contributed by atoms with Crippen LogP contribution in [0.1, 0.15) is 47.0 Å². The molecule has 0 atom stereocenters. The van der Waals surface area contributed by atoms with Gasteiger partial charge in [-0.05, 0) is 17.7 Å².